The number of nitrogens with zero attached hydrogens (tertiary/aromatic N) is 4. The molecule has 0 aliphatic heterocycles. The highest BCUT2D eigenvalue weighted by atomic mass is 32.1. The van der Waals surface area contributed by atoms with Crippen molar-refractivity contribution in [1.82, 2.24) is 30.2 Å². The summed E-state index contributed by atoms with van der Waals surface area (Å²) in [5.74, 6) is 1.74. The minimum absolute atomic E-state index is 0.826. The minimum Gasteiger partial charge on any atom is -0.337 e. The highest BCUT2D eigenvalue weighted by molar-refractivity contribution is 7.13. The molecule has 6 nitrogen and oxygen atoms in total. The largest absolute Gasteiger partial charge is 0.337 e. The zero-order valence-electron chi connectivity index (χ0n) is 24.3. The van der Waals surface area contributed by atoms with Gasteiger partial charge < -0.3 is 10.3 Å². The molecule has 7 rings (SSSR count). The molecule has 1 saturated carbocycles. The minimum atomic E-state index is 0.826. The molecule has 2 aliphatic rings. The Morgan fingerprint density at radius 3 is 2.64 bits per heavy atom. The predicted octanol–water partition coefficient (Wildman–Crippen LogP) is 8.36. The molecular formula is C35H38N6S. The lowest BCUT2D eigenvalue weighted by atomic mass is 9.87. The molecular weight excluding hydrogens is 536 g/mol. The van der Waals surface area contributed by atoms with Crippen molar-refractivity contribution in [1.29, 1.82) is 0 Å². The monoisotopic (exact) mass is 574 g/mol. The van der Waals surface area contributed by atoms with Crippen LogP contribution in [0, 0.1) is 5.92 Å². The highest BCUT2D eigenvalue weighted by Gasteiger charge is 2.23. The molecule has 0 radical (unpaired) electrons. The Hall–Kier alpha value is -3.68. The molecule has 0 amide bonds. The summed E-state index contributed by atoms with van der Waals surface area (Å²) < 4.78 is 0. The van der Waals surface area contributed by atoms with Gasteiger partial charge in [-0.25, -0.2) is 4.98 Å². The van der Waals surface area contributed by atoms with Gasteiger partial charge in [0, 0.05) is 69.7 Å². The number of hydrogen-bond acceptors (Lipinski definition) is 6. The number of imidazole rings is 1. The molecule has 2 aliphatic carbocycles. The van der Waals surface area contributed by atoms with E-state index in [1.54, 1.807) is 11.3 Å². The fraction of sp³-hybridized carbons (Fsp3) is 0.371. The molecule has 214 valence electrons. The van der Waals surface area contributed by atoms with E-state index in [1.165, 1.54) is 52.8 Å². The zero-order valence-corrected chi connectivity index (χ0v) is 25.1. The number of fused-ring (bicyclic) bond motifs is 2. The summed E-state index contributed by atoms with van der Waals surface area (Å²) in [6.07, 6.45) is 20.6. The van der Waals surface area contributed by atoms with E-state index >= 15 is 0 Å². The lowest BCUT2D eigenvalue weighted by Crippen LogP contribution is -2.20. The Morgan fingerprint density at radius 2 is 1.79 bits per heavy atom. The molecule has 2 N–H and O–H groups in total. The van der Waals surface area contributed by atoms with Gasteiger partial charge in [0.1, 0.15) is 11.3 Å². The number of rotatable bonds is 8. The molecule has 5 aromatic rings. The predicted molar refractivity (Wildman–Crippen MR) is 172 cm³/mol. The first kappa shape index (κ1) is 27.2. The van der Waals surface area contributed by atoms with Gasteiger partial charge >= 0.3 is 0 Å². The Labute approximate surface area is 251 Å². The van der Waals surface area contributed by atoms with Crippen LogP contribution in [0.25, 0.3) is 38.2 Å². The normalized spacial score (nSPS) is 16.1. The summed E-state index contributed by atoms with van der Waals surface area (Å²) in [6.45, 7) is 4.21. The van der Waals surface area contributed by atoms with Crippen molar-refractivity contribution in [2.75, 3.05) is 6.54 Å². The van der Waals surface area contributed by atoms with Crippen LogP contribution < -0.4 is 5.32 Å². The maximum absolute atomic E-state index is 5.25. The van der Waals surface area contributed by atoms with Crippen LogP contribution in [0.15, 0.2) is 66.2 Å². The Bertz CT molecular complexity index is 1710. The summed E-state index contributed by atoms with van der Waals surface area (Å²) in [5.41, 5.74) is 11.4. The molecule has 5 aromatic heterocycles. The zero-order chi connectivity index (χ0) is 28.3. The molecule has 0 atom stereocenters. The van der Waals surface area contributed by atoms with Gasteiger partial charge in [-0.3, -0.25) is 15.0 Å². The van der Waals surface area contributed by atoms with E-state index in [-0.39, 0.29) is 0 Å². The Balaban J connectivity index is 1.27. The van der Waals surface area contributed by atoms with Gasteiger partial charge in [-0.2, -0.15) is 0 Å². The van der Waals surface area contributed by atoms with Crippen LogP contribution in [0.2, 0.25) is 0 Å². The van der Waals surface area contributed by atoms with Crippen LogP contribution in [0.3, 0.4) is 0 Å². The lowest BCUT2D eigenvalue weighted by Gasteiger charge is -2.20. The molecule has 0 spiro atoms. The van der Waals surface area contributed by atoms with Gasteiger partial charge in [0.2, 0.25) is 0 Å². The summed E-state index contributed by atoms with van der Waals surface area (Å²) >= 11 is 1.72. The Morgan fingerprint density at radius 1 is 0.929 bits per heavy atom. The second kappa shape index (κ2) is 12.3. The van der Waals surface area contributed by atoms with Gasteiger partial charge in [0.05, 0.1) is 11.7 Å². The maximum Gasteiger partial charge on any atom is 0.139 e. The molecule has 0 unspecified atom stereocenters. The van der Waals surface area contributed by atoms with Gasteiger partial charge in [-0.05, 0) is 86.6 Å². The molecule has 0 aromatic carbocycles. The van der Waals surface area contributed by atoms with Crippen LogP contribution >= 0.6 is 11.3 Å². The van der Waals surface area contributed by atoms with E-state index in [1.807, 2.05) is 31.0 Å². The highest BCUT2D eigenvalue weighted by Crippen LogP contribution is 2.38. The second-order valence-electron chi connectivity index (χ2n) is 11.8. The number of thiophene rings is 1. The van der Waals surface area contributed by atoms with Crippen LogP contribution in [-0.2, 0) is 13.0 Å². The topological polar surface area (TPSA) is 79.4 Å². The third kappa shape index (κ3) is 5.55. The first-order valence-electron chi connectivity index (χ1n) is 15.5. The number of aromatic nitrogens is 5. The third-order valence-electron chi connectivity index (χ3n) is 8.94. The van der Waals surface area contributed by atoms with Crippen molar-refractivity contribution in [2.45, 2.75) is 71.3 Å². The first-order chi connectivity index (χ1) is 20.8. The molecule has 0 saturated heterocycles. The van der Waals surface area contributed by atoms with E-state index < -0.39 is 0 Å². The number of nitrogens with one attached hydrogen (secondary N) is 2. The van der Waals surface area contributed by atoms with Crippen molar-refractivity contribution in [3.63, 3.8) is 0 Å². The summed E-state index contributed by atoms with van der Waals surface area (Å²) in [6, 6.07) is 8.82. The fourth-order valence-corrected chi connectivity index (χ4v) is 7.44. The smallest absolute Gasteiger partial charge is 0.139 e. The van der Waals surface area contributed by atoms with Gasteiger partial charge in [-0.1, -0.05) is 31.4 Å². The summed E-state index contributed by atoms with van der Waals surface area (Å²) in [5, 5.41) is 5.78. The van der Waals surface area contributed by atoms with Crippen LogP contribution in [-0.4, -0.2) is 31.5 Å². The molecule has 1 fully saturated rings. The average Bonchev–Trinajstić information content (AvgIpc) is 3.80. The van der Waals surface area contributed by atoms with Crippen molar-refractivity contribution in [2.24, 2.45) is 5.92 Å². The quantitative estimate of drug-likeness (QED) is 0.195. The molecule has 7 heteroatoms. The van der Waals surface area contributed by atoms with E-state index in [9.17, 15) is 0 Å². The lowest BCUT2D eigenvalue weighted by molar-refractivity contribution is 0.489. The van der Waals surface area contributed by atoms with Gasteiger partial charge in [0.25, 0.3) is 0 Å². The van der Waals surface area contributed by atoms with Crippen molar-refractivity contribution in [3.8, 4) is 21.6 Å². The number of hydrogen-bond donors (Lipinski definition) is 2. The van der Waals surface area contributed by atoms with Gasteiger partial charge in [-0.15, -0.1) is 11.3 Å². The molecule has 0 bridgehead atoms. The van der Waals surface area contributed by atoms with Crippen LogP contribution in [0.4, 0.5) is 0 Å². The number of aryl methyl sites for hydroxylation is 1. The second-order valence-corrected chi connectivity index (χ2v) is 12.7. The average molecular weight is 575 g/mol. The number of pyridine rings is 3. The fourth-order valence-electron chi connectivity index (χ4n) is 6.70. The van der Waals surface area contributed by atoms with Gasteiger partial charge in [0.15, 0.2) is 0 Å². The number of allylic oxidation sites excluding steroid dienone is 1. The number of H-pyrrole nitrogens is 1. The van der Waals surface area contributed by atoms with E-state index in [0.29, 0.717) is 0 Å². The SMILES string of the molecule is CCC1=C(c2nc3c(-c4cccs4)cncc3[nH]2)c2cc(-c3cncc(CNCC4CCCC4)c3)cnc2CCCC1. The maximum atomic E-state index is 5.25. The van der Waals surface area contributed by atoms with Crippen LogP contribution in [0.5, 0.6) is 0 Å². The van der Waals surface area contributed by atoms with E-state index in [0.717, 1.165) is 90.4 Å². The standard InChI is InChI=1S/C35H38N6S/c1-2-25-10-5-6-11-30-28(33(25)35-40-31-22-38-21-29(34(31)41-35)32-12-7-13-42-32)15-27(20-39-30)26-14-24(18-37-19-26)17-36-16-23-8-3-4-9-23/h7,12-15,18-23,36H,2-6,8-11,16-17H2,1H3,(H,40,41). The third-order valence-corrected chi connectivity index (χ3v) is 9.85. The van der Waals surface area contributed by atoms with Crippen molar-refractivity contribution >= 4 is 27.9 Å². The van der Waals surface area contributed by atoms with E-state index in [4.69, 9.17) is 9.97 Å². The summed E-state index contributed by atoms with van der Waals surface area (Å²) in [4.78, 5) is 24.3. The Kier molecular flexibility index (Phi) is 7.94. The summed E-state index contributed by atoms with van der Waals surface area (Å²) in [7, 11) is 0. The van der Waals surface area contributed by atoms with E-state index in [2.05, 4.69) is 56.8 Å². The first-order valence-corrected chi connectivity index (χ1v) is 16.4. The van der Waals surface area contributed by atoms with Crippen molar-refractivity contribution < 1.29 is 0 Å². The number of aromatic amines is 1. The van der Waals surface area contributed by atoms with Crippen LogP contribution in [0.1, 0.15) is 80.9 Å². The van der Waals surface area contributed by atoms with Crippen molar-refractivity contribution in [3.05, 3.63) is 88.8 Å². The molecule has 5 heterocycles. The molecule has 42 heavy (non-hydrogen) atoms.